The van der Waals surface area contributed by atoms with Gasteiger partial charge in [0, 0.05) is 124 Å². The first-order chi connectivity index (χ1) is 34.3. The summed E-state index contributed by atoms with van der Waals surface area (Å²) in [5.41, 5.74) is 4.00. The molecule has 11 rings (SSSR count). The highest BCUT2D eigenvalue weighted by molar-refractivity contribution is 6.33. The van der Waals surface area contributed by atoms with Crippen LogP contribution in [0.4, 0.5) is 20.4 Å². The molecule has 0 saturated carbocycles. The van der Waals surface area contributed by atoms with Crippen molar-refractivity contribution in [2.75, 3.05) is 55.6 Å². The number of piperidine rings is 1. The number of piperazine rings is 1. The molecule has 0 amide bonds. The zero-order valence-electron chi connectivity index (χ0n) is 38.4. The van der Waals surface area contributed by atoms with Gasteiger partial charge in [-0.15, -0.1) is 0 Å². The van der Waals surface area contributed by atoms with Gasteiger partial charge in [-0.1, -0.05) is 41.4 Å². The van der Waals surface area contributed by atoms with E-state index in [1.165, 1.54) is 38.0 Å². The second-order valence-corrected chi connectivity index (χ2v) is 19.2. The molecule has 4 N–H and O–H groups in total. The summed E-state index contributed by atoms with van der Waals surface area (Å²) in [4.78, 5) is 41.1. The smallest absolute Gasteiger partial charge is 0.332 e. The van der Waals surface area contributed by atoms with E-state index >= 15 is 8.78 Å². The van der Waals surface area contributed by atoms with Gasteiger partial charge >= 0.3 is 5.69 Å². The lowest BCUT2D eigenvalue weighted by molar-refractivity contribution is 0.471. The van der Waals surface area contributed by atoms with Crippen LogP contribution in [-0.4, -0.2) is 85.7 Å². The Kier molecular flexibility index (Phi) is 12.2. The zero-order valence-corrected chi connectivity index (χ0v) is 39.9. The molecule has 0 radical (unpaired) electrons. The molecule has 17 heteroatoms. The predicted molar refractivity (Wildman–Crippen MR) is 274 cm³/mol. The quantitative estimate of drug-likeness (QED) is 0.105. The van der Waals surface area contributed by atoms with Gasteiger partial charge in [0.2, 0.25) is 0 Å². The number of aryl methyl sites for hydroxylation is 1. The summed E-state index contributed by atoms with van der Waals surface area (Å²) in [5, 5.41) is 30.9. The number of halogens is 4. The molecule has 71 heavy (non-hydrogen) atoms. The summed E-state index contributed by atoms with van der Waals surface area (Å²) < 4.78 is 35.4. The minimum Gasteiger partial charge on any atom is -0.507 e. The molecular weight excluding hydrogens is 948 g/mol. The Balaban J connectivity index is 0.924. The third-order valence-corrected chi connectivity index (χ3v) is 14.4. The Morgan fingerprint density at radius 2 is 1.31 bits per heavy atom. The topological polar surface area (TPSA) is 146 Å². The fourth-order valence-corrected chi connectivity index (χ4v) is 10.7. The van der Waals surface area contributed by atoms with Crippen molar-refractivity contribution in [3.63, 3.8) is 0 Å². The number of nitrogens with one attached hydrogen (secondary N) is 2. The number of pyridine rings is 3. The second kappa shape index (κ2) is 18.8. The molecule has 3 aliphatic heterocycles. The van der Waals surface area contributed by atoms with Crippen LogP contribution in [0.3, 0.4) is 0 Å². The summed E-state index contributed by atoms with van der Waals surface area (Å²) in [7, 11) is 1.63. The molecule has 7 heterocycles. The second-order valence-electron chi connectivity index (χ2n) is 18.4. The first kappa shape index (κ1) is 46.1. The number of phenols is 2. The number of phenolic OH excluding ortho intramolecular Hbond substituents is 2. The number of rotatable bonds is 10. The maximum absolute atomic E-state index is 15.8. The highest BCUT2D eigenvalue weighted by Gasteiger charge is 2.33. The Labute approximate surface area is 416 Å². The number of nitrogens with zero attached hydrogens (tertiary/aromatic N) is 7. The van der Waals surface area contributed by atoms with Gasteiger partial charge in [0.15, 0.2) is 0 Å². The molecule has 4 aromatic heterocycles. The summed E-state index contributed by atoms with van der Waals surface area (Å²) in [6.07, 6.45) is 7.62. The number of imidazole rings is 1. The Bertz CT molecular complexity index is 3510. The van der Waals surface area contributed by atoms with Crippen molar-refractivity contribution in [2.45, 2.75) is 18.9 Å². The van der Waals surface area contributed by atoms with Gasteiger partial charge in [0.05, 0.1) is 21.4 Å². The van der Waals surface area contributed by atoms with Crippen LogP contribution in [-0.2, 0) is 13.5 Å². The van der Waals surface area contributed by atoms with Gasteiger partial charge in [-0.2, -0.15) is 0 Å². The Morgan fingerprint density at radius 1 is 0.690 bits per heavy atom. The van der Waals surface area contributed by atoms with Crippen molar-refractivity contribution in [3.8, 4) is 67.4 Å². The molecule has 0 aliphatic carbocycles. The van der Waals surface area contributed by atoms with Gasteiger partial charge in [0.1, 0.15) is 34.8 Å². The maximum Gasteiger partial charge on any atom is 0.332 e. The first-order valence-corrected chi connectivity index (χ1v) is 24.1. The lowest BCUT2D eigenvalue weighted by Crippen LogP contribution is -2.43. The Morgan fingerprint density at radius 3 is 1.93 bits per heavy atom. The number of aromatic nitrogens is 5. The van der Waals surface area contributed by atoms with Crippen molar-refractivity contribution < 1.29 is 19.0 Å². The zero-order chi connectivity index (χ0) is 49.1. The van der Waals surface area contributed by atoms with E-state index in [9.17, 15) is 19.8 Å². The fourth-order valence-electron chi connectivity index (χ4n) is 10.2. The van der Waals surface area contributed by atoms with Gasteiger partial charge < -0.3 is 35.2 Å². The van der Waals surface area contributed by atoms with Crippen LogP contribution >= 0.6 is 23.2 Å². The van der Waals surface area contributed by atoms with E-state index in [2.05, 4.69) is 25.4 Å². The third kappa shape index (κ3) is 8.95. The normalized spacial score (nSPS) is 16.7. The number of benzene rings is 4. The van der Waals surface area contributed by atoms with Crippen molar-refractivity contribution in [1.82, 2.24) is 34.3 Å². The van der Waals surface area contributed by atoms with Crippen LogP contribution in [0.1, 0.15) is 17.7 Å². The lowest BCUT2D eigenvalue weighted by atomic mass is 9.95. The summed E-state index contributed by atoms with van der Waals surface area (Å²) >= 11 is 13.7. The molecule has 2 bridgehead atoms. The predicted octanol–water partition coefficient (Wildman–Crippen LogP) is 8.58. The van der Waals surface area contributed by atoms with E-state index in [0.717, 1.165) is 51.5 Å². The molecule has 13 nitrogen and oxygen atoms in total. The molecule has 3 fully saturated rings. The van der Waals surface area contributed by atoms with Gasteiger partial charge in [-0.05, 0) is 113 Å². The van der Waals surface area contributed by atoms with Crippen molar-refractivity contribution in [3.05, 3.63) is 176 Å². The summed E-state index contributed by atoms with van der Waals surface area (Å²) in [6.45, 7) is 5.53. The Hall–Kier alpha value is -7.30. The monoisotopic (exact) mass is 993 g/mol. The molecule has 3 aliphatic rings. The van der Waals surface area contributed by atoms with E-state index in [1.807, 2.05) is 12.1 Å². The average Bonchev–Trinajstić information content (AvgIpc) is 3.90. The standard InChI is InChI=1S/C54H47Cl2F2N9O4/c1-63-15-16-67(54(63)71)48-7-5-33(21-46(48)56)42-25-38(58)27-44(52(42)69)36-19-39(62-50(23-36)65-29-31-17-40(30-65)61-28-31)18-35-3-2-12-66(53(35)70)47-6-4-32(20-45(47)55)41-24-37(57)26-43(51(41)68)34-8-9-60-49(22-34)64-13-10-59-11-14-64/h2-9,12,15-16,19-27,31,40,59,61,68-69H,10-11,13-14,17-18,28-30H2,1H3. The minimum absolute atomic E-state index is 0.0827. The summed E-state index contributed by atoms with van der Waals surface area (Å²) in [6, 6.07) is 25.8. The highest BCUT2D eigenvalue weighted by atomic mass is 35.5. The maximum atomic E-state index is 15.8. The van der Waals surface area contributed by atoms with Crippen LogP contribution in [0.5, 0.6) is 11.5 Å². The van der Waals surface area contributed by atoms with Gasteiger partial charge in [0.25, 0.3) is 5.56 Å². The molecule has 2 unspecified atom stereocenters. The minimum atomic E-state index is -0.594. The number of aromatic hydroxyl groups is 2. The molecule has 8 aromatic rings. The van der Waals surface area contributed by atoms with Crippen LogP contribution < -0.4 is 31.7 Å². The molecule has 0 spiro atoms. The van der Waals surface area contributed by atoms with Crippen LogP contribution in [0.25, 0.3) is 55.9 Å². The third-order valence-electron chi connectivity index (χ3n) is 13.8. The molecule has 4 aromatic carbocycles. The van der Waals surface area contributed by atoms with E-state index in [0.29, 0.717) is 68.7 Å². The fraction of sp³-hybridized carbons (Fsp3) is 0.222. The lowest BCUT2D eigenvalue weighted by Gasteiger charge is -2.32. The number of fused-ring (bicyclic) bond motifs is 2. The SMILES string of the molecule is Cn1ccn(-c2ccc(-c3cc(F)cc(-c4cc(Cc5cccn(-c6ccc(-c7cc(F)cc(-c8ccnc(N9CCNCC9)c8)c7O)cc6Cl)c5=O)nc(N5CC6CNC(C6)C5)c4)c3O)cc2Cl)c1=O. The molecule has 2 atom stereocenters. The van der Waals surface area contributed by atoms with E-state index in [1.54, 1.807) is 92.5 Å². The van der Waals surface area contributed by atoms with Gasteiger partial charge in [-0.3, -0.25) is 13.9 Å². The largest absolute Gasteiger partial charge is 0.507 e. The van der Waals surface area contributed by atoms with Crippen LogP contribution in [0.15, 0.2) is 131 Å². The molecule has 360 valence electrons. The van der Waals surface area contributed by atoms with Crippen LogP contribution in [0, 0.1) is 17.6 Å². The number of anilines is 2. The van der Waals surface area contributed by atoms with Gasteiger partial charge in [-0.25, -0.2) is 23.5 Å². The van der Waals surface area contributed by atoms with E-state index in [-0.39, 0.29) is 61.9 Å². The number of hydrogen-bond acceptors (Lipinski definition) is 10. The number of hydrogen-bond donors (Lipinski definition) is 4. The van der Waals surface area contributed by atoms with E-state index in [4.69, 9.17) is 28.2 Å². The molecular formula is C54H47Cl2F2N9O4. The average molecular weight is 995 g/mol. The van der Waals surface area contributed by atoms with E-state index < -0.39 is 11.6 Å². The summed E-state index contributed by atoms with van der Waals surface area (Å²) in [5.74, 6) is 0.326. The first-order valence-electron chi connectivity index (χ1n) is 23.4. The van der Waals surface area contributed by atoms with Crippen molar-refractivity contribution >= 4 is 34.8 Å². The highest BCUT2D eigenvalue weighted by Crippen LogP contribution is 2.43. The van der Waals surface area contributed by atoms with Crippen molar-refractivity contribution in [1.29, 1.82) is 0 Å². The van der Waals surface area contributed by atoms with Crippen molar-refractivity contribution in [2.24, 2.45) is 13.0 Å². The molecule has 3 saturated heterocycles. The van der Waals surface area contributed by atoms with Crippen LogP contribution in [0.2, 0.25) is 10.0 Å².